The molecule has 222 valence electrons. The second-order valence-electron chi connectivity index (χ2n) is 10.8. The summed E-state index contributed by atoms with van der Waals surface area (Å²) in [5.74, 6) is 1.51. The van der Waals surface area contributed by atoms with Crippen molar-refractivity contribution >= 4 is 0 Å². The lowest BCUT2D eigenvalue weighted by atomic mass is 10.1. The molecule has 43 heavy (non-hydrogen) atoms. The van der Waals surface area contributed by atoms with Crippen molar-refractivity contribution < 1.29 is 22.6 Å². The highest BCUT2D eigenvalue weighted by Gasteiger charge is 2.36. The van der Waals surface area contributed by atoms with Crippen LogP contribution < -0.4 is 9.47 Å². The highest BCUT2D eigenvalue weighted by atomic mass is 19.4. The molecular weight excluding hydrogens is 563 g/mol. The van der Waals surface area contributed by atoms with Crippen LogP contribution in [0.1, 0.15) is 66.9 Å². The van der Waals surface area contributed by atoms with Crippen LogP contribution in [0.4, 0.5) is 13.2 Å². The van der Waals surface area contributed by atoms with E-state index in [1.165, 1.54) is 24.2 Å². The molecule has 0 spiro atoms. The summed E-state index contributed by atoms with van der Waals surface area (Å²) in [4.78, 5) is 28.2. The van der Waals surface area contributed by atoms with Crippen LogP contribution in [0, 0.1) is 11.5 Å². The lowest BCUT2D eigenvalue weighted by Crippen LogP contribution is -2.28. The number of pyridine rings is 1. The number of halogens is 3. The van der Waals surface area contributed by atoms with E-state index in [-0.39, 0.29) is 24.4 Å². The quantitative estimate of drug-likeness (QED) is 0.256. The van der Waals surface area contributed by atoms with E-state index in [0.29, 0.717) is 59.5 Å². The average molecular weight is 592 g/mol. The number of aromatic nitrogens is 7. The van der Waals surface area contributed by atoms with E-state index in [1.54, 1.807) is 30.9 Å². The Balaban J connectivity index is 1.31. The summed E-state index contributed by atoms with van der Waals surface area (Å²) in [5, 5.41) is 9.52. The van der Waals surface area contributed by atoms with Gasteiger partial charge in [-0.05, 0) is 32.8 Å². The van der Waals surface area contributed by atoms with Gasteiger partial charge in [-0.15, -0.1) is 0 Å². The summed E-state index contributed by atoms with van der Waals surface area (Å²) in [5.41, 5.74) is 2.96. The summed E-state index contributed by atoms with van der Waals surface area (Å²) < 4.78 is 53.2. The Labute approximate surface area is 245 Å². The lowest BCUT2D eigenvalue weighted by Gasteiger charge is -2.25. The molecule has 0 N–H and O–H groups in total. The molecule has 1 aliphatic carbocycles. The molecule has 1 aliphatic heterocycles. The maximum absolute atomic E-state index is 13.3. The van der Waals surface area contributed by atoms with Crippen LogP contribution in [0.3, 0.4) is 0 Å². The summed E-state index contributed by atoms with van der Waals surface area (Å²) in [6.45, 7) is 4.46. The van der Waals surface area contributed by atoms with E-state index in [9.17, 15) is 18.4 Å². The number of methoxy groups -OCH3 is 1. The minimum absolute atomic E-state index is 0.0764. The lowest BCUT2D eigenvalue weighted by molar-refractivity contribution is -0.140. The van der Waals surface area contributed by atoms with Crippen molar-refractivity contribution in [3.63, 3.8) is 0 Å². The Kier molecular flexibility index (Phi) is 7.33. The maximum atomic E-state index is 13.3. The average Bonchev–Trinajstić information content (AvgIpc) is 3.75. The molecule has 4 aromatic rings. The molecule has 0 amide bonds. The number of hydrogen-bond donors (Lipinski definition) is 0. The van der Waals surface area contributed by atoms with Crippen LogP contribution in [0.15, 0.2) is 30.9 Å². The molecule has 0 unspecified atom stereocenters. The Morgan fingerprint density at radius 2 is 1.91 bits per heavy atom. The number of imidazole rings is 1. The minimum atomic E-state index is -4.56. The minimum Gasteiger partial charge on any atom is -0.480 e. The first-order valence-corrected chi connectivity index (χ1v) is 13.8. The van der Waals surface area contributed by atoms with Gasteiger partial charge in [-0.3, -0.25) is 4.98 Å². The third-order valence-corrected chi connectivity index (χ3v) is 7.40. The molecule has 4 aromatic heterocycles. The predicted octanol–water partition coefficient (Wildman–Crippen LogP) is 5.10. The van der Waals surface area contributed by atoms with Crippen molar-refractivity contribution in [2.45, 2.75) is 64.4 Å². The standard InChI is InChI=1S/C29H28F3N9O2/c1-16(2)41-12-22(29(30,31)32)38-26(41)21-7-4-17(10-34-21)13-43-27-19-11-40(14-33)9-8-20(19)37-25(39-27)23-24(18-5-6-18)35-15-36-28(23)42-3/h4,7,10,12,15-16,18H,5-6,8-9,11,13H2,1-3H3. The first kappa shape index (κ1) is 28.3. The molecule has 0 saturated heterocycles. The molecular formula is C29H28F3N9O2. The van der Waals surface area contributed by atoms with Gasteiger partial charge in [0, 0.05) is 42.9 Å². The van der Waals surface area contributed by atoms with Gasteiger partial charge in [0.15, 0.2) is 23.5 Å². The van der Waals surface area contributed by atoms with Crippen molar-refractivity contribution in [2.75, 3.05) is 13.7 Å². The van der Waals surface area contributed by atoms with E-state index < -0.39 is 11.9 Å². The van der Waals surface area contributed by atoms with Crippen LogP contribution in [0.25, 0.3) is 22.9 Å². The van der Waals surface area contributed by atoms with E-state index in [0.717, 1.165) is 30.4 Å². The topological polar surface area (TPSA) is 128 Å². The van der Waals surface area contributed by atoms with Crippen molar-refractivity contribution in [3.05, 3.63) is 59.1 Å². The Hall–Kier alpha value is -4.80. The van der Waals surface area contributed by atoms with Crippen molar-refractivity contribution in [3.8, 4) is 40.9 Å². The van der Waals surface area contributed by atoms with Gasteiger partial charge in [0.1, 0.15) is 24.2 Å². The molecule has 0 radical (unpaired) electrons. The number of rotatable bonds is 8. The Bertz CT molecular complexity index is 1690. The Morgan fingerprint density at radius 1 is 1.09 bits per heavy atom. The van der Waals surface area contributed by atoms with Crippen LogP contribution in [-0.2, 0) is 25.7 Å². The molecule has 1 fully saturated rings. The summed E-state index contributed by atoms with van der Waals surface area (Å²) in [7, 11) is 1.54. The monoisotopic (exact) mass is 591 g/mol. The number of nitriles is 1. The fourth-order valence-electron chi connectivity index (χ4n) is 5.02. The second-order valence-corrected chi connectivity index (χ2v) is 10.8. The molecule has 14 heteroatoms. The molecule has 0 bridgehead atoms. The molecule has 11 nitrogen and oxygen atoms in total. The highest BCUT2D eigenvalue weighted by molar-refractivity contribution is 5.67. The van der Waals surface area contributed by atoms with Gasteiger partial charge < -0.3 is 18.9 Å². The third kappa shape index (κ3) is 5.67. The predicted molar refractivity (Wildman–Crippen MR) is 146 cm³/mol. The molecule has 5 heterocycles. The third-order valence-electron chi connectivity index (χ3n) is 7.40. The smallest absolute Gasteiger partial charge is 0.434 e. The molecule has 2 aliphatic rings. The van der Waals surface area contributed by atoms with Gasteiger partial charge in [0.2, 0.25) is 11.8 Å². The van der Waals surface area contributed by atoms with Gasteiger partial charge in [0.05, 0.1) is 30.6 Å². The van der Waals surface area contributed by atoms with Gasteiger partial charge in [-0.25, -0.2) is 19.9 Å². The van der Waals surface area contributed by atoms with Gasteiger partial charge in [0.25, 0.3) is 0 Å². The first-order chi connectivity index (χ1) is 20.7. The first-order valence-electron chi connectivity index (χ1n) is 13.8. The van der Waals surface area contributed by atoms with Gasteiger partial charge in [-0.2, -0.15) is 23.4 Å². The van der Waals surface area contributed by atoms with Crippen LogP contribution in [0.2, 0.25) is 0 Å². The SMILES string of the molecule is COc1ncnc(C2CC2)c1-c1nc2c(c(OCc3ccc(-c4nc(C(F)(F)F)cn4C(C)C)nc3)n1)CN(C#N)CC2. The normalized spacial score (nSPS) is 14.9. The van der Waals surface area contributed by atoms with Crippen LogP contribution >= 0.6 is 0 Å². The zero-order chi connectivity index (χ0) is 30.3. The highest BCUT2D eigenvalue weighted by Crippen LogP contribution is 2.45. The van der Waals surface area contributed by atoms with Gasteiger partial charge >= 0.3 is 6.18 Å². The van der Waals surface area contributed by atoms with Crippen LogP contribution in [0.5, 0.6) is 11.8 Å². The van der Waals surface area contributed by atoms with E-state index in [4.69, 9.17) is 19.4 Å². The largest absolute Gasteiger partial charge is 0.480 e. The molecule has 0 aromatic carbocycles. The zero-order valence-electron chi connectivity index (χ0n) is 23.8. The molecule has 0 atom stereocenters. The van der Waals surface area contributed by atoms with E-state index in [2.05, 4.69) is 26.1 Å². The van der Waals surface area contributed by atoms with Crippen LogP contribution in [-0.4, -0.2) is 53.0 Å². The zero-order valence-corrected chi connectivity index (χ0v) is 23.8. The maximum Gasteiger partial charge on any atom is 0.434 e. The number of hydrogen-bond acceptors (Lipinski definition) is 10. The summed E-state index contributed by atoms with van der Waals surface area (Å²) in [6.07, 6.45) is 4.19. The number of ether oxygens (including phenoxy) is 2. The molecule has 1 saturated carbocycles. The van der Waals surface area contributed by atoms with Crippen molar-refractivity contribution in [1.29, 1.82) is 5.26 Å². The fraction of sp³-hybridized carbons (Fsp3) is 0.414. The summed E-state index contributed by atoms with van der Waals surface area (Å²) >= 11 is 0. The summed E-state index contributed by atoms with van der Waals surface area (Å²) in [6, 6.07) is 3.10. The Morgan fingerprint density at radius 3 is 2.56 bits per heavy atom. The van der Waals surface area contributed by atoms with Gasteiger partial charge in [-0.1, -0.05) is 6.07 Å². The van der Waals surface area contributed by atoms with Crippen molar-refractivity contribution in [1.82, 2.24) is 39.4 Å². The van der Waals surface area contributed by atoms with E-state index in [1.807, 2.05) is 0 Å². The number of nitrogens with zero attached hydrogens (tertiary/aromatic N) is 9. The fourth-order valence-corrected chi connectivity index (χ4v) is 5.02. The van der Waals surface area contributed by atoms with E-state index >= 15 is 0 Å². The second kappa shape index (κ2) is 11.1. The van der Waals surface area contributed by atoms with Crippen molar-refractivity contribution in [2.24, 2.45) is 0 Å². The number of alkyl halides is 3. The number of fused-ring (bicyclic) bond motifs is 1. The molecule has 6 rings (SSSR count).